The molecule has 1 amide bonds. The highest BCUT2D eigenvalue weighted by Gasteiger charge is 2.15. The summed E-state index contributed by atoms with van der Waals surface area (Å²) in [7, 11) is 1.22. The van der Waals surface area contributed by atoms with E-state index in [1.54, 1.807) is 25.1 Å². The molecule has 0 radical (unpaired) electrons. The van der Waals surface area contributed by atoms with E-state index in [1.807, 2.05) is 6.07 Å². The number of nitriles is 1. The second kappa shape index (κ2) is 10.2. The highest BCUT2D eigenvalue weighted by molar-refractivity contribution is 6.37. The van der Waals surface area contributed by atoms with Gasteiger partial charge in [-0.15, -0.1) is 0 Å². The Morgan fingerprint density at radius 2 is 1.83 bits per heavy atom. The molecule has 0 heterocycles. The maximum atomic E-state index is 12.5. The van der Waals surface area contributed by atoms with Crippen molar-refractivity contribution in [3.8, 4) is 11.8 Å². The summed E-state index contributed by atoms with van der Waals surface area (Å²) in [4.78, 5) is 23.7. The molecule has 6 nitrogen and oxygen atoms in total. The van der Waals surface area contributed by atoms with E-state index in [9.17, 15) is 14.9 Å². The zero-order valence-electron chi connectivity index (χ0n) is 15.4. The summed E-state index contributed by atoms with van der Waals surface area (Å²) in [6, 6.07) is 9.81. The topological polar surface area (TPSA) is 88.4 Å². The van der Waals surface area contributed by atoms with E-state index >= 15 is 0 Å². The molecule has 0 saturated heterocycles. The van der Waals surface area contributed by atoms with Gasteiger partial charge in [-0.3, -0.25) is 4.79 Å². The number of halogens is 3. The fourth-order valence-electron chi connectivity index (χ4n) is 2.24. The first kappa shape index (κ1) is 22.6. The molecule has 0 saturated carbocycles. The van der Waals surface area contributed by atoms with E-state index in [1.165, 1.54) is 25.3 Å². The van der Waals surface area contributed by atoms with Crippen molar-refractivity contribution in [3.63, 3.8) is 0 Å². The Bertz CT molecular complexity index is 1010. The first-order valence-electron chi connectivity index (χ1n) is 8.13. The number of hydrogen-bond acceptors (Lipinski definition) is 5. The van der Waals surface area contributed by atoms with Crippen molar-refractivity contribution in [1.82, 2.24) is 0 Å². The van der Waals surface area contributed by atoms with Gasteiger partial charge >= 0.3 is 5.97 Å². The van der Waals surface area contributed by atoms with Gasteiger partial charge in [0, 0.05) is 10.7 Å². The van der Waals surface area contributed by atoms with Crippen LogP contribution in [-0.4, -0.2) is 25.6 Å². The Kier molecular flexibility index (Phi) is 7.91. The van der Waals surface area contributed by atoms with Crippen LogP contribution in [0.4, 0.5) is 5.69 Å². The van der Waals surface area contributed by atoms with E-state index in [-0.39, 0.29) is 28.0 Å². The van der Waals surface area contributed by atoms with Gasteiger partial charge in [-0.2, -0.15) is 5.26 Å². The van der Waals surface area contributed by atoms with Crippen LogP contribution in [0.25, 0.3) is 6.08 Å². The van der Waals surface area contributed by atoms with Crippen LogP contribution in [0.15, 0.2) is 35.9 Å². The van der Waals surface area contributed by atoms with Crippen LogP contribution in [0.3, 0.4) is 0 Å². The second-order valence-electron chi connectivity index (χ2n) is 5.71. The predicted molar refractivity (Wildman–Crippen MR) is 112 cm³/mol. The number of ether oxygens (including phenoxy) is 2. The molecule has 0 bridgehead atoms. The highest BCUT2D eigenvalue weighted by atomic mass is 35.5. The van der Waals surface area contributed by atoms with Gasteiger partial charge in [-0.05, 0) is 48.4 Å². The van der Waals surface area contributed by atoms with Crippen LogP contribution < -0.4 is 10.1 Å². The van der Waals surface area contributed by atoms with Crippen LogP contribution >= 0.6 is 34.8 Å². The molecule has 1 N–H and O–H groups in total. The van der Waals surface area contributed by atoms with Gasteiger partial charge in [0.05, 0.1) is 17.2 Å². The summed E-state index contributed by atoms with van der Waals surface area (Å²) >= 11 is 18.3. The summed E-state index contributed by atoms with van der Waals surface area (Å²) in [5, 5.41) is 12.7. The molecule has 0 aliphatic heterocycles. The number of amides is 1. The number of esters is 1. The molecule has 0 fully saturated rings. The number of methoxy groups -OCH3 is 1. The third-order valence-electron chi connectivity index (χ3n) is 3.77. The Labute approximate surface area is 182 Å². The third-order valence-corrected chi connectivity index (χ3v) is 4.75. The van der Waals surface area contributed by atoms with E-state index in [4.69, 9.17) is 39.5 Å². The first-order chi connectivity index (χ1) is 13.8. The van der Waals surface area contributed by atoms with Gasteiger partial charge in [0.2, 0.25) is 0 Å². The summed E-state index contributed by atoms with van der Waals surface area (Å²) in [6.45, 7) is 1.39. The van der Waals surface area contributed by atoms with Crippen molar-refractivity contribution in [2.75, 3.05) is 19.0 Å². The Morgan fingerprint density at radius 1 is 1.17 bits per heavy atom. The lowest BCUT2D eigenvalue weighted by molar-refractivity contribution is -0.142. The fraction of sp³-hybridized carbons (Fsp3) is 0.150. The highest BCUT2D eigenvalue weighted by Crippen LogP contribution is 2.35. The fourth-order valence-corrected chi connectivity index (χ4v) is 3.03. The molecule has 0 atom stereocenters. The number of nitrogens with zero attached hydrogens (tertiary/aromatic N) is 1. The third kappa shape index (κ3) is 5.88. The van der Waals surface area contributed by atoms with Gasteiger partial charge in [-0.25, -0.2) is 4.79 Å². The number of carbonyl (C=O) groups is 2. The molecule has 9 heteroatoms. The minimum absolute atomic E-state index is 0.0911. The summed E-state index contributed by atoms with van der Waals surface area (Å²) in [6.07, 6.45) is 1.33. The molecule has 2 aromatic carbocycles. The van der Waals surface area contributed by atoms with Crippen molar-refractivity contribution >= 4 is 58.4 Å². The molecular weight excluding hydrogens is 439 g/mol. The van der Waals surface area contributed by atoms with Crippen molar-refractivity contribution in [2.45, 2.75) is 6.92 Å². The number of hydrogen-bond donors (Lipinski definition) is 1. The lowest BCUT2D eigenvalue weighted by Gasteiger charge is -2.11. The van der Waals surface area contributed by atoms with Gasteiger partial charge in [0.25, 0.3) is 5.91 Å². The number of nitrogens with one attached hydrogen (secondary N) is 1. The second-order valence-corrected chi connectivity index (χ2v) is 6.94. The molecule has 29 heavy (non-hydrogen) atoms. The van der Waals surface area contributed by atoms with Crippen LogP contribution in [0.5, 0.6) is 5.75 Å². The number of anilines is 1. The van der Waals surface area contributed by atoms with Crippen LogP contribution in [0.2, 0.25) is 15.1 Å². The van der Waals surface area contributed by atoms with Gasteiger partial charge < -0.3 is 14.8 Å². The Hall–Kier alpha value is -2.72. The van der Waals surface area contributed by atoms with Gasteiger partial charge in [0.1, 0.15) is 11.6 Å². The van der Waals surface area contributed by atoms with Crippen molar-refractivity contribution in [2.24, 2.45) is 0 Å². The van der Waals surface area contributed by atoms with Crippen LogP contribution in [0, 0.1) is 18.3 Å². The van der Waals surface area contributed by atoms with Gasteiger partial charge in [0.15, 0.2) is 12.4 Å². The first-order valence-corrected chi connectivity index (χ1v) is 9.27. The molecule has 0 aromatic heterocycles. The molecule has 0 unspecified atom stereocenters. The van der Waals surface area contributed by atoms with E-state index in [0.29, 0.717) is 21.8 Å². The van der Waals surface area contributed by atoms with E-state index in [2.05, 4.69) is 10.1 Å². The van der Waals surface area contributed by atoms with Crippen LogP contribution in [-0.2, 0) is 14.3 Å². The average Bonchev–Trinajstić information content (AvgIpc) is 2.68. The molecule has 0 aliphatic carbocycles. The number of benzene rings is 2. The van der Waals surface area contributed by atoms with Crippen molar-refractivity contribution in [1.29, 1.82) is 5.26 Å². The molecule has 0 aliphatic rings. The largest absolute Gasteiger partial charge is 0.479 e. The summed E-state index contributed by atoms with van der Waals surface area (Å²) in [5.41, 5.74) is 1.41. The maximum Gasteiger partial charge on any atom is 0.343 e. The van der Waals surface area contributed by atoms with Gasteiger partial charge in [-0.1, -0.05) is 40.9 Å². The minimum atomic E-state index is -0.615. The standard InChI is InChI=1S/C20H15Cl3N2O4/c1-11-14(21)4-3-5-17(11)25-20(27)13(9-24)6-12-7-15(22)19(16(23)8-12)29-10-18(26)28-2/h3-8H,10H2,1-2H3,(H,25,27)/b13-6-. The Morgan fingerprint density at radius 3 is 2.41 bits per heavy atom. The summed E-state index contributed by atoms with van der Waals surface area (Å²) < 4.78 is 9.73. The monoisotopic (exact) mass is 452 g/mol. The van der Waals surface area contributed by atoms with E-state index in [0.717, 1.165) is 0 Å². The predicted octanol–water partition coefficient (Wildman–Crippen LogP) is 5.05. The zero-order chi connectivity index (χ0) is 21.6. The minimum Gasteiger partial charge on any atom is -0.479 e. The normalized spacial score (nSPS) is 10.8. The van der Waals surface area contributed by atoms with E-state index < -0.39 is 11.9 Å². The quantitative estimate of drug-likeness (QED) is 0.375. The lowest BCUT2D eigenvalue weighted by Crippen LogP contribution is -2.14. The SMILES string of the molecule is COC(=O)COc1c(Cl)cc(/C=C(/C#N)C(=O)Nc2cccc(Cl)c2C)cc1Cl. The molecule has 2 rings (SSSR count). The molecule has 2 aromatic rings. The molecule has 0 spiro atoms. The lowest BCUT2D eigenvalue weighted by atomic mass is 10.1. The molecular formula is C20H15Cl3N2O4. The number of carbonyl (C=O) groups excluding carboxylic acids is 2. The number of rotatable bonds is 6. The zero-order valence-corrected chi connectivity index (χ0v) is 17.7. The van der Waals surface area contributed by atoms with Crippen LogP contribution in [0.1, 0.15) is 11.1 Å². The maximum absolute atomic E-state index is 12.5. The summed E-state index contributed by atoms with van der Waals surface area (Å²) in [5.74, 6) is -1.12. The average molecular weight is 454 g/mol. The van der Waals surface area contributed by atoms with Crippen molar-refractivity contribution < 1.29 is 19.1 Å². The smallest absolute Gasteiger partial charge is 0.343 e. The van der Waals surface area contributed by atoms with Crippen molar-refractivity contribution in [3.05, 3.63) is 62.1 Å². The Balaban J connectivity index is 2.26. The molecule has 150 valence electrons.